The number of hydrogen-bond donors (Lipinski definition) is 3. The first-order valence-electron chi connectivity index (χ1n) is 8.93. The smallest absolute Gasteiger partial charge is 0.337 e. The standard InChI is InChI=1S/C19H21FN4O3S/c1-3-13-16(17(25)27-4-2)15(23-18(26)22-13)10-28-19-21-9-14(24-19)11-5-7-12(20)8-6-11/h5-9,13H,3-4,10H2,1-2H3,(H,21,24)(H2,22,23,26). The summed E-state index contributed by atoms with van der Waals surface area (Å²) in [6.07, 6.45) is 2.23. The number of ether oxygens (including phenoxy) is 1. The molecule has 3 rings (SSSR count). The molecule has 3 N–H and O–H groups in total. The second kappa shape index (κ2) is 8.92. The lowest BCUT2D eigenvalue weighted by molar-refractivity contribution is -0.139. The predicted molar refractivity (Wildman–Crippen MR) is 104 cm³/mol. The second-order valence-electron chi connectivity index (χ2n) is 6.07. The summed E-state index contributed by atoms with van der Waals surface area (Å²) in [5.74, 6) is -0.402. The van der Waals surface area contributed by atoms with Crippen LogP contribution in [0.5, 0.6) is 0 Å². The number of carbonyl (C=O) groups excluding carboxylic acids is 2. The van der Waals surface area contributed by atoms with Crippen molar-refractivity contribution < 1.29 is 18.7 Å². The molecule has 0 saturated carbocycles. The van der Waals surface area contributed by atoms with Crippen LogP contribution in [-0.2, 0) is 9.53 Å². The van der Waals surface area contributed by atoms with E-state index in [1.807, 2.05) is 6.92 Å². The highest BCUT2D eigenvalue weighted by atomic mass is 32.2. The molecule has 1 atom stereocenters. The Kier molecular flexibility index (Phi) is 6.35. The van der Waals surface area contributed by atoms with Crippen LogP contribution in [0, 0.1) is 5.82 Å². The van der Waals surface area contributed by atoms with Gasteiger partial charge < -0.3 is 20.4 Å². The zero-order valence-electron chi connectivity index (χ0n) is 15.5. The number of aromatic nitrogens is 2. The quantitative estimate of drug-likeness (QED) is 0.486. The van der Waals surface area contributed by atoms with Gasteiger partial charge in [-0.3, -0.25) is 0 Å². The highest BCUT2D eigenvalue weighted by molar-refractivity contribution is 7.99. The van der Waals surface area contributed by atoms with Gasteiger partial charge in [0.05, 0.1) is 30.1 Å². The number of thioether (sulfide) groups is 1. The number of esters is 1. The molecule has 0 radical (unpaired) electrons. The van der Waals surface area contributed by atoms with E-state index in [2.05, 4.69) is 20.6 Å². The maximum Gasteiger partial charge on any atom is 0.337 e. The Labute approximate surface area is 166 Å². The molecule has 28 heavy (non-hydrogen) atoms. The van der Waals surface area contributed by atoms with Crippen molar-refractivity contribution in [1.82, 2.24) is 20.6 Å². The van der Waals surface area contributed by atoms with Crippen LogP contribution in [0.15, 0.2) is 46.9 Å². The van der Waals surface area contributed by atoms with Crippen molar-refractivity contribution >= 4 is 23.8 Å². The summed E-state index contributed by atoms with van der Waals surface area (Å²) in [5, 5.41) is 6.07. The highest BCUT2D eigenvalue weighted by Crippen LogP contribution is 2.25. The molecule has 0 aliphatic carbocycles. The van der Waals surface area contributed by atoms with E-state index in [9.17, 15) is 14.0 Å². The Bertz CT molecular complexity index is 895. The minimum absolute atomic E-state index is 0.256. The van der Waals surface area contributed by atoms with Crippen molar-refractivity contribution in [2.45, 2.75) is 31.5 Å². The first kappa shape index (κ1) is 19.9. The average molecular weight is 404 g/mol. The van der Waals surface area contributed by atoms with E-state index in [4.69, 9.17) is 4.74 Å². The molecule has 7 nitrogen and oxygen atoms in total. The van der Waals surface area contributed by atoms with Crippen LogP contribution in [0.25, 0.3) is 11.3 Å². The van der Waals surface area contributed by atoms with Crippen molar-refractivity contribution in [2.24, 2.45) is 0 Å². The summed E-state index contributed by atoms with van der Waals surface area (Å²) in [5.41, 5.74) is 2.51. The fourth-order valence-corrected chi connectivity index (χ4v) is 3.69. The van der Waals surface area contributed by atoms with Gasteiger partial charge in [0.2, 0.25) is 0 Å². The Morgan fingerprint density at radius 1 is 1.29 bits per heavy atom. The molecular weight excluding hydrogens is 383 g/mol. The molecule has 2 amide bonds. The maximum absolute atomic E-state index is 13.1. The monoisotopic (exact) mass is 404 g/mol. The first-order chi connectivity index (χ1) is 13.5. The largest absolute Gasteiger partial charge is 0.463 e. The number of urea groups is 1. The van der Waals surface area contributed by atoms with Crippen LogP contribution in [-0.4, -0.2) is 40.4 Å². The lowest BCUT2D eigenvalue weighted by atomic mass is 10.0. The van der Waals surface area contributed by atoms with Crippen molar-refractivity contribution in [3.8, 4) is 11.3 Å². The summed E-state index contributed by atoms with van der Waals surface area (Å²) in [6.45, 7) is 3.89. The van der Waals surface area contributed by atoms with Crippen LogP contribution in [0.4, 0.5) is 9.18 Å². The summed E-state index contributed by atoms with van der Waals surface area (Å²) < 4.78 is 18.2. The minimum atomic E-state index is -0.441. The molecule has 1 aliphatic heterocycles. The summed E-state index contributed by atoms with van der Waals surface area (Å²) in [7, 11) is 0. The molecule has 1 aromatic carbocycles. The van der Waals surface area contributed by atoms with E-state index >= 15 is 0 Å². The third kappa shape index (κ3) is 4.53. The van der Waals surface area contributed by atoms with Crippen LogP contribution in [0.1, 0.15) is 20.3 Å². The van der Waals surface area contributed by atoms with Gasteiger partial charge in [0.1, 0.15) is 5.82 Å². The normalized spacial score (nSPS) is 16.5. The molecule has 0 fully saturated rings. The molecule has 9 heteroatoms. The lowest BCUT2D eigenvalue weighted by Gasteiger charge is -2.28. The van der Waals surface area contributed by atoms with Crippen molar-refractivity contribution in [3.63, 3.8) is 0 Å². The fourth-order valence-electron chi connectivity index (χ4n) is 2.87. The average Bonchev–Trinajstić information content (AvgIpc) is 3.15. The topological polar surface area (TPSA) is 96.1 Å². The first-order valence-corrected chi connectivity index (χ1v) is 9.91. The minimum Gasteiger partial charge on any atom is -0.463 e. The van der Waals surface area contributed by atoms with Crippen molar-refractivity contribution in [1.29, 1.82) is 0 Å². The number of hydrogen-bond acceptors (Lipinski definition) is 5. The van der Waals surface area contributed by atoms with Gasteiger partial charge in [-0.2, -0.15) is 0 Å². The number of aromatic amines is 1. The molecule has 2 aromatic rings. The van der Waals surface area contributed by atoms with Gasteiger partial charge in [-0.25, -0.2) is 19.0 Å². The molecule has 1 aliphatic rings. The number of amides is 2. The van der Waals surface area contributed by atoms with E-state index < -0.39 is 12.0 Å². The van der Waals surface area contributed by atoms with Gasteiger partial charge in [-0.1, -0.05) is 18.7 Å². The van der Waals surface area contributed by atoms with E-state index in [1.54, 1.807) is 25.3 Å². The number of benzene rings is 1. The summed E-state index contributed by atoms with van der Waals surface area (Å²) in [6, 6.07) is 5.36. The summed E-state index contributed by atoms with van der Waals surface area (Å²) in [4.78, 5) is 31.8. The number of nitrogens with one attached hydrogen (secondary N) is 3. The number of carbonyl (C=O) groups is 2. The van der Waals surface area contributed by atoms with Gasteiger partial charge >= 0.3 is 12.0 Å². The molecule has 0 saturated heterocycles. The van der Waals surface area contributed by atoms with Crippen LogP contribution < -0.4 is 10.6 Å². The molecule has 2 heterocycles. The number of imidazole rings is 1. The molecule has 148 valence electrons. The maximum atomic E-state index is 13.1. The Hall–Kier alpha value is -2.81. The Balaban J connectivity index is 1.78. The predicted octanol–water partition coefficient (Wildman–Crippen LogP) is 3.22. The third-order valence-electron chi connectivity index (χ3n) is 4.21. The van der Waals surface area contributed by atoms with Gasteiger partial charge in [-0.05, 0) is 43.2 Å². The molecule has 1 unspecified atom stereocenters. The zero-order chi connectivity index (χ0) is 20.1. The molecule has 1 aromatic heterocycles. The van der Waals surface area contributed by atoms with Crippen molar-refractivity contribution in [2.75, 3.05) is 12.4 Å². The molecule has 0 spiro atoms. The third-order valence-corrected chi connectivity index (χ3v) is 5.12. The van der Waals surface area contributed by atoms with Gasteiger partial charge in [0, 0.05) is 11.4 Å². The zero-order valence-corrected chi connectivity index (χ0v) is 16.4. The Morgan fingerprint density at radius 2 is 2.04 bits per heavy atom. The number of H-pyrrole nitrogens is 1. The van der Waals surface area contributed by atoms with Gasteiger partial charge in [0.25, 0.3) is 0 Å². The number of rotatable bonds is 7. The van der Waals surface area contributed by atoms with E-state index in [0.717, 1.165) is 11.3 Å². The lowest BCUT2D eigenvalue weighted by Crippen LogP contribution is -2.50. The Morgan fingerprint density at radius 3 is 2.71 bits per heavy atom. The van der Waals surface area contributed by atoms with Crippen LogP contribution in [0.2, 0.25) is 0 Å². The van der Waals surface area contributed by atoms with E-state index in [-0.39, 0.29) is 18.5 Å². The van der Waals surface area contributed by atoms with Crippen LogP contribution >= 0.6 is 11.8 Å². The number of halogens is 1. The SMILES string of the molecule is CCOC(=O)C1=C(CSc2ncc(-c3ccc(F)cc3)[nH]2)NC(=O)NC1CC. The van der Waals surface area contributed by atoms with Crippen molar-refractivity contribution in [3.05, 3.63) is 47.5 Å². The molecular formula is C19H21FN4O3S. The van der Waals surface area contributed by atoms with E-state index in [1.165, 1.54) is 23.9 Å². The molecule has 0 bridgehead atoms. The van der Waals surface area contributed by atoms with Crippen LogP contribution in [0.3, 0.4) is 0 Å². The summed E-state index contributed by atoms with van der Waals surface area (Å²) >= 11 is 1.35. The van der Waals surface area contributed by atoms with E-state index in [0.29, 0.717) is 28.6 Å². The van der Waals surface area contributed by atoms with Gasteiger partial charge in [0.15, 0.2) is 5.16 Å². The second-order valence-corrected chi connectivity index (χ2v) is 7.03. The van der Waals surface area contributed by atoms with Gasteiger partial charge in [-0.15, -0.1) is 0 Å². The number of nitrogens with zero attached hydrogens (tertiary/aromatic N) is 1. The fraction of sp³-hybridized carbons (Fsp3) is 0.316. The highest BCUT2D eigenvalue weighted by Gasteiger charge is 2.31.